The van der Waals surface area contributed by atoms with E-state index in [1.807, 2.05) is 11.8 Å². The summed E-state index contributed by atoms with van der Waals surface area (Å²) in [4.78, 5) is 16.5. The lowest BCUT2D eigenvalue weighted by atomic mass is 9.97. The van der Waals surface area contributed by atoms with Gasteiger partial charge in [-0.1, -0.05) is 17.7 Å². The molecule has 1 aliphatic heterocycles. The summed E-state index contributed by atoms with van der Waals surface area (Å²) < 4.78 is 38.8. The van der Waals surface area contributed by atoms with Crippen LogP contribution in [0.25, 0.3) is 0 Å². The quantitative estimate of drug-likeness (QED) is 0.715. The first kappa shape index (κ1) is 21.7. The van der Waals surface area contributed by atoms with Crippen LogP contribution in [0.15, 0.2) is 35.9 Å². The van der Waals surface area contributed by atoms with Gasteiger partial charge in [-0.05, 0) is 57.2 Å². The summed E-state index contributed by atoms with van der Waals surface area (Å²) in [7, 11) is 0. The van der Waals surface area contributed by atoms with Crippen molar-refractivity contribution < 1.29 is 18.0 Å². The molecular formula is C22H30F3N3O. The normalized spacial score (nSPS) is 19.6. The van der Waals surface area contributed by atoms with Gasteiger partial charge in [0.25, 0.3) is 0 Å². The minimum absolute atomic E-state index is 0.0222. The first-order chi connectivity index (χ1) is 13.8. The van der Waals surface area contributed by atoms with E-state index in [1.165, 1.54) is 30.5 Å². The molecule has 1 N–H and O–H groups in total. The first-order valence-corrected chi connectivity index (χ1v) is 10.5. The Kier molecular flexibility index (Phi) is 7.22. The molecule has 3 rings (SSSR count). The van der Waals surface area contributed by atoms with Crippen LogP contribution >= 0.6 is 0 Å². The van der Waals surface area contributed by atoms with E-state index in [4.69, 9.17) is 0 Å². The van der Waals surface area contributed by atoms with Gasteiger partial charge in [0.15, 0.2) is 0 Å². The molecule has 1 amide bonds. The third-order valence-electron chi connectivity index (χ3n) is 5.91. The number of anilines is 1. The zero-order valence-corrected chi connectivity index (χ0v) is 17.0. The number of allylic oxidation sites excluding steroid dienone is 1. The molecule has 2 aliphatic rings. The molecule has 0 bridgehead atoms. The van der Waals surface area contributed by atoms with E-state index in [2.05, 4.69) is 16.3 Å². The Morgan fingerprint density at radius 3 is 2.59 bits per heavy atom. The van der Waals surface area contributed by atoms with Crippen molar-refractivity contribution in [1.29, 1.82) is 0 Å². The molecule has 1 fully saturated rings. The number of carbonyl (C=O) groups excluding carboxylic acids is 1. The maximum absolute atomic E-state index is 12.9. The molecule has 0 unspecified atom stereocenters. The maximum atomic E-state index is 12.9. The Balaban J connectivity index is 1.46. The third kappa shape index (κ3) is 5.98. The van der Waals surface area contributed by atoms with Crippen LogP contribution in [0.3, 0.4) is 0 Å². The van der Waals surface area contributed by atoms with E-state index in [-0.39, 0.29) is 11.9 Å². The van der Waals surface area contributed by atoms with Crippen molar-refractivity contribution >= 4 is 11.6 Å². The summed E-state index contributed by atoms with van der Waals surface area (Å²) in [6.45, 7) is 5.07. The Bertz CT molecular complexity index is 724. The molecule has 4 nitrogen and oxygen atoms in total. The van der Waals surface area contributed by atoms with Crippen LogP contribution in [0.1, 0.15) is 44.6 Å². The lowest BCUT2D eigenvalue weighted by Gasteiger charge is -2.38. The average Bonchev–Trinajstić information content (AvgIpc) is 2.73. The van der Waals surface area contributed by atoms with Gasteiger partial charge in [-0.2, -0.15) is 13.2 Å². The van der Waals surface area contributed by atoms with Gasteiger partial charge in [0.1, 0.15) is 0 Å². The van der Waals surface area contributed by atoms with Crippen molar-refractivity contribution in [1.82, 2.24) is 10.2 Å². The molecule has 1 aromatic rings. The van der Waals surface area contributed by atoms with Crippen molar-refractivity contribution in [3.63, 3.8) is 0 Å². The number of hydrogen-bond acceptors (Lipinski definition) is 3. The van der Waals surface area contributed by atoms with Crippen LogP contribution in [0, 0.1) is 0 Å². The van der Waals surface area contributed by atoms with Crippen LogP contribution in [0.2, 0.25) is 0 Å². The van der Waals surface area contributed by atoms with E-state index >= 15 is 0 Å². The third-order valence-corrected chi connectivity index (χ3v) is 5.91. The van der Waals surface area contributed by atoms with E-state index in [0.29, 0.717) is 38.4 Å². The fraction of sp³-hybridized carbons (Fsp3) is 0.591. The van der Waals surface area contributed by atoms with E-state index in [9.17, 15) is 18.0 Å². The number of nitrogens with one attached hydrogen (secondary N) is 1. The topological polar surface area (TPSA) is 35.6 Å². The summed E-state index contributed by atoms with van der Waals surface area (Å²) >= 11 is 0. The van der Waals surface area contributed by atoms with Crippen LogP contribution in [0.4, 0.5) is 18.9 Å². The van der Waals surface area contributed by atoms with Gasteiger partial charge in [0.05, 0.1) is 11.6 Å². The molecule has 0 radical (unpaired) electrons. The molecule has 0 aromatic heterocycles. The number of benzene rings is 1. The molecule has 1 atom stereocenters. The molecule has 1 saturated heterocycles. The van der Waals surface area contributed by atoms with Crippen molar-refractivity contribution in [3.05, 3.63) is 41.5 Å². The Morgan fingerprint density at radius 1 is 1.17 bits per heavy atom. The zero-order valence-electron chi connectivity index (χ0n) is 17.0. The number of carbonyl (C=O) groups is 1. The minimum atomic E-state index is -4.34. The number of hydrogen-bond donors (Lipinski definition) is 1. The highest BCUT2D eigenvalue weighted by Crippen LogP contribution is 2.32. The van der Waals surface area contributed by atoms with E-state index < -0.39 is 11.7 Å². The second-order valence-electron chi connectivity index (χ2n) is 7.90. The number of piperazine rings is 1. The predicted octanol–water partition coefficient (Wildman–Crippen LogP) is 4.22. The number of amides is 1. The van der Waals surface area contributed by atoms with Gasteiger partial charge in [0, 0.05) is 38.4 Å². The molecule has 1 aliphatic carbocycles. The average molecular weight is 409 g/mol. The fourth-order valence-corrected chi connectivity index (χ4v) is 4.04. The zero-order chi connectivity index (χ0) is 20.9. The van der Waals surface area contributed by atoms with Crippen molar-refractivity contribution in [3.8, 4) is 0 Å². The summed E-state index contributed by atoms with van der Waals surface area (Å²) in [5.41, 5.74) is 1.40. The van der Waals surface area contributed by atoms with Crippen molar-refractivity contribution in [2.75, 3.05) is 37.6 Å². The van der Waals surface area contributed by atoms with E-state index in [0.717, 1.165) is 25.3 Å². The lowest BCUT2D eigenvalue weighted by Crippen LogP contribution is -2.54. The summed E-state index contributed by atoms with van der Waals surface area (Å²) in [5.74, 6) is 0.0222. The van der Waals surface area contributed by atoms with Gasteiger partial charge >= 0.3 is 6.18 Å². The molecule has 29 heavy (non-hydrogen) atoms. The van der Waals surface area contributed by atoms with Crippen LogP contribution < -0.4 is 10.2 Å². The number of rotatable bonds is 6. The monoisotopic (exact) mass is 409 g/mol. The van der Waals surface area contributed by atoms with E-state index in [1.54, 1.807) is 6.07 Å². The number of alkyl halides is 3. The summed E-state index contributed by atoms with van der Waals surface area (Å²) in [6, 6.07) is 5.21. The molecule has 7 heteroatoms. The van der Waals surface area contributed by atoms with Gasteiger partial charge in [-0.15, -0.1) is 0 Å². The molecule has 1 aromatic carbocycles. The molecular weight excluding hydrogens is 379 g/mol. The highest BCUT2D eigenvalue weighted by Gasteiger charge is 2.31. The molecule has 0 spiro atoms. The maximum Gasteiger partial charge on any atom is 0.416 e. The van der Waals surface area contributed by atoms with Crippen molar-refractivity contribution in [2.45, 2.75) is 51.2 Å². The number of halogens is 3. The fourth-order valence-electron chi connectivity index (χ4n) is 4.04. The van der Waals surface area contributed by atoms with Crippen LogP contribution in [0.5, 0.6) is 0 Å². The van der Waals surface area contributed by atoms with Gasteiger partial charge in [-0.25, -0.2) is 0 Å². The number of nitrogens with zero attached hydrogens (tertiary/aromatic N) is 2. The smallest absolute Gasteiger partial charge is 0.369 e. The second-order valence-corrected chi connectivity index (χ2v) is 7.90. The lowest BCUT2D eigenvalue weighted by molar-refractivity contribution is -0.137. The second kappa shape index (κ2) is 9.65. The summed E-state index contributed by atoms with van der Waals surface area (Å²) in [5, 5.41) is 3.03. The first-order valence-electron chi connectivity index (χ1n) is 10.5. The van der Waals surface area contributed by atoms with Gasteiger partial charge in [0.2, 0.25) is 5.91 Å². The Morgan fingerprint density at radius 2 is 1.93 bits per heavy atom. The van der Waals surface area contributed by atoms with Gasteiger partial charge in [-0.3, -0.25) is 9.69 Å². The Hall–Kier alpha value is -2.02. The van der Waals surface area contributed by atoms with Gasteiger partial charge < -0.3 is 10.2 Å². The SMILES string of the molecule is C[C@@H](C(=O)NCCC1=CCCCC1)N1CCN(c2cccc(C(F)(F)F)c2)CC1. The van der Waals surface area contributed by atoms with Crippen molar-refractivity contribution in [2.24, 2.45) is 0 Å². The molecule has 1 heterocycles. The summed E-state index contributed by atoms with van der Waals surface area (Å²) in [6.07, 6.45) is 3.68. The standard InChI is InChI=1S/C22H30F3N3O/c1-17(21(29)26-11-10-18-6-3-2-4-7-18)27-12-14-28(15-13-27)20-9-5-8-19(16-20)22(23,24)25/h5-6,8-9,16-17H,2-4,7,10-15H2,1H3,(H,26,29)/t17-/m0/s1. The highest BCUT2D eigenvalue weighted by atomic mass is 19.4. The van der Waals surface area contributed by atoms with Crippen LogP contribution in [-0.4, -0.2) is 49.6 Å². The predicted molar refractivity (Wildman–Crippen MR) is 109 cm³/mol. The Labute approximate surface area is 170 Å². The molecule has 0 saturated carbocycles. The minimum Gasteiger partial charge on any atom is -0.369 e. The molecule has 160 valence electrons. The largest absolute Gasteiger partial charge is 0.416 e. The van der Waals surface area contributed by atoms with Crippen LogP contribution in [-0.2, 0) is 11.0 Å². The highest BCUT2D eigenvalue weighted by molar-refractivity contribution is 5.81.